The van der Waals surface area contributed by atoms with E-state index < -0.39 is 0 Å². The van der Waals surface area contributed by atoms with Crippen LogP contribution in [-0.2, 0) is 0 Å². The molecule has 2 aromatic rings. The lowest BCUT2D eigenvalue weighted by atomic mass is 10.3. The van der Waals surface area contributed by atoms with Crippen molar-refractivity contribution >= 4 is 41.2 Å². The van der Waals surface area contributed by atoms with Crippen LogP contribution in [0.3, 0.4) is 0 Å². The molecule has 1 N–H and O–H groups in total. The van der Waals surface area contributed by atoms with Crippen LogP contribution in [0.5, 0.6) is 0 Å². The predicted octanol–water partition coefficient (Wildman–Crippen LogP) is 2.84. The first-order valence-corrected chi connectivity index (χ1v) is 7.45. The van der Waals surface area contributed by atoms with Crippen molar-refractivity contribution in [3.05, 3.63) is 28.1 Å². The summed E-state index contributed by atoms with van der Waals surface area (Å²) in [5.74, 6) is 0.582. The molecule has 0 saturated heterocycles. The molecule has 0 aliphatic carbocycles. The zero-order chi connectivity index (χ0) is 12.3. The van der Waals surface area contributed by atoms with E-state index in [4.69, 9.17) is 0 Å². The first-order chi connectivity index (χ1) is 8.22. The number of aryl methyl sites for hydroxylation is 1. The Bertz CT molecular complexity index is 505. The second-order valence-corrected chi connectivity index (χ2v) is 5.78. The largest absolute Gasteiger partial charge is 0.350 e. The molecule has 0 fully saturated rings. The zero-order valence-corrected chi connectivity index (χ0v) is 11.8. The fraction of sp³-hybridized carbons (Fsp3) is 0.273. The second-order valence-electron chi connectivity index (χ2n) is 3.39. The maximum atomic E-state index is 11.8. The van der Waals surface area contributed by atoms with E-state index in [1.807, 2.05) is 24.4 Å². The Kier molecular flexibility index (Phi) is 4.20. The quantitative estimate of drug-likeness (QED) is 0.848. The maximum Gasteiger partial charge on any atom is 0.263 e. The van der Waals surface area contributed by atoms with Crippen LogP contribution in [0.25, 0.3) is 9.88 Å². The van der Waals surface area contributed by atoms with Gasteiger partial charge in [0.15, 0.2) is 0 Å². The number of aromatic nitrogens is 1. The molecule has 0 aliphatic heterocycles. The average Bonchev–Trinajstić information content (AvgIpc) is 2.94. The third-order valence-corrected chi connectivity index (χ3v) is 4.55. The number of amides is 1. The number of carbonyl (C=O) groups is 1. The summed E-state index contributed by atoms with van der Waals surface area (Å²) in [5.41, 5.74) is 0.787. The minimum absolute atomic E-state index is 0.0585. The van der Waals surface area contributed by atoms with Crippen LogP contribution in [0.4, 0.5) is 0 Å². The summed E-state index contributed by atoms with van der Waals surface area (Å²) < 4.78 is 0. The lowest BCUT2D eigenvalue weighted by Gasteiger charge is -1.99. The van der Waals surface area contributed by atoms with Crippen molar-refractivity contribution in [1.82, 2.24) is 10.3 Å². The van der Waals surface area contributed by atoms with Gasteiger partial charge in [-0.3, -0.25) is 4.79 Å². The molecule has 90 valence electrons. The molecular formula is C11H12N2OS3. The normalized spacial score (nSPS) is 10.5. The molecule has 0 atom stereocenters. The highest BCUT2D eigenvalue weighted by Crippen LogP contribution is 2.30. The predicted molar refractivity (Wildman–Crippen MR) is 76.4 cm³/mol. The maximum absolute atomic E-state index is 11.8. The molecular weight excluding hydrogens is 272 g/mol. The van der Waals surface area contributed by atoms with Gasteiger partial charge in [-0.1, -0.05) is 6.07 Å². The van der Waals surface area contributed by atoms with Gasteiger partial charge in [0.05, 0.1) is 10.6 Å². The van der Waals surface area contributed by atoms with Crippen LogP contribution < -0.4 is 5.32 Å². The van der Waals surface area contributed by atoms with E-state index in [0.717, 1.165) is 15.6 Å². The van der Waals surface area contributed by atoms with E-state index in [2.05, 4.69) is 22.9 Å². The molecule has 0 radical (unpaired) electrons. The molecule has 0 aromatic carbocycles. The Hall–Kier alpha value is -0.850. The van der Waals surface area contributed by atoms with Crippen LogP contribution in [0.15, 0.2) is 17.5 Å². The Morgan fingerprint density at radius 2 is 2.41 bits per heavy atom. The first-order valence-electron chi connectivity index (χ1n) is 5.12. The summed E-state index contributed by atoms with van der Waals surface area (Å²) in [5, 5.41) is 5.72. The summed E-state index contributed by atoms with van der Waals surface area (Å²) in [6.45, 7) is 2.44. The van der Waals surface area contributed by atoms with Gasteiger partial charge in [0.1, 0.15) is 9.88 Å². The monoisotopic (exact) mass is 284 g/mol. The van der Waals surface area contributed by atoms with Crippen molar-refractivity contribution in [1.29, 1.82) is 0 Å². The highest BCUT2D eigenvalue weighted by molar-refractivity contribution is 7.80. The van der Waals surface area contributed by atoms with Crippen molar-refractivity contribution in [3.63, 3.8) is 0 Å². The van der Waals surface area contributed by atoms with Gasteiger partial charge in [-0.25, -0.2) is 4.98 Å². The molecule has 0 unspecified atom stereocenters. The topological polar surface area (TPSA) is 42.0 Å². The van der Waals surface area contributed by atoms with E-state index in [1.165, 1.54) is 11.3 Å². The van der Waals surface area contributed by atoms with Crippen LogP contribution >= 0.6 is 35.3 Å². The van der Waals surface area contributed by atoms with Crippen LogP contribution in [0, 0.1) is 6.92 Å². The van der Waals surface area contributed by atoms with Crippen LogP contribution in [0.1, 0.15) is 15.4 Å². The third kappa shape index (κ3) is 2.88. The summed E-state index contributed by atoms with van der Waals surface area (Å²) >= 11 is 7.13. The summed E-state index contributed by atoms with van der Waals surface area (Å²) in [4.78, 5) is 18.1. The lowest BCUT2D eigenvalue weighted by molar-refractivity contribution is 0.0959. The Morgan fingerprint density at radius 1 is 1.59 bits per heavy atom. The zero-order valence-electron chi connectivity index (χ0n) is 9.27. The fourth-order valence-corrected chi connectivity index (χ4v) is 3.25. The molecule has 6 heteroatoms. The van der Waals surface area contributed by atoms with E-state index in [-0.39, 0.29) is 5.91 Å². The lowest BCUT2D eigenvalue weighted by Crippen LogP contribution is -2.25. The van der Waals surface area contributed by atoms with E-state index in [1.54, 1.807) is 11.3 Å². The van der Waals surface area contributed by atoms with Gasteiger partial charge in [0.25, 0.3) is 5.91 Å². The fourth-order valence-electron chi connectivity index (χ4n) is 1.36. The van der Waals surface area contributed by atoms with Crippen LogP contribution in [-0.4, -0.2) is 23.2 Å². The van der Waals surface area contributed by atoms with Gasteiger partial charge in [-0.2, -0.15) is 12.6 Å². The van der Waals surface area contributed by atoms with Crippen molar-refractivity contribution < 1.29 is 4.79 Å². The van der Waals surface area contributed by atoms with Crippen molar-refractivity contribution in [2.24, 2.45) is 0 Å². The molecule has 1 amide bonds. The third-order valence-electron chi connectivity index (χ3n) is 2.13. The molecule has 2 heterocycles. The molecule has 0 bridgehead atoms. The smallest absolute Gasteiger partial charge is 0.263 e. The molecule has 0 aliphatic rings. The van der Waals surface area contributed by atoms with Gasteiger partial charge < -0.3 is 5.32 Å². The SMILES string of the molecule is Cc1nc(-c2cccs2)sc1C(=O)NCCS. The summed E-state index contributed by atoms with van der Waals surface area (Å²) in [7, 11) is 0. The van der Waals surface area contributed by atoms with Gasteiger partial charge in [0.2, 0.25) is 0 Å². The van der Waals surface area contributed by atoms with E-state index in [0.29, 0.717) is 17.2 Å². The number of thiol groups is 1. The van der Waals surface area contributed by atoms with Crippen molar-refractivity contribution in [2.75, 3.05) is 12.3 Å². The Balaban J connectivity index is 2.22. The van der Waals surface area contributed by atoms with Gasteiger partial charge in [-0.15, -0.1) is 22.7 Å². The van der Waals surface area contributed by atoms with Crippen molar-refractivity contribution in [3.8, 4) is 9.88 Å². The Labute approximate surface area is 113 Å². The highest BCUT2D eigenvalue weighted by atomic mass is 32.1. The molecule has 17 heavy (non-hydrogen) atoms. The molecule has 2 rings (SSSR count). The number of nitrogens with one attached hydrogen (secondary N) is 1. The standard InChI is InChI=1S/C11H12N2OS3/c1-7-9(10(14)12-4-5-15)17-11(13-7)8-3-2-6-16-8/h2-3,6,15H,4-5H2,1H3,(H,12,14). The molecule has 0 spiro atoms. The van der Waals surface area contributed by atoms with Gasteiger partial charge in [0, 0.05) is 12.3 Å². The van der Waals surface area contributed by atoms with Crippen molar-refractivity contribution in [2.45, 2.75) is 6.92 Å². The number of thiazole rings is 1. The first kappa shape index (κ1) is 12.6. The average molecular weight is 284 g/mol. The molecule has 2 aromatic heterocycles. The number of hydrogen-bond acceptors (Lipinski definition) is 5. The summed E-state index contributed by atoms with van der Waals surface area (Å²) in [6, 6.07) is 4.00. The minimum Gasteiger partial charge on any atom is -0.350 e. The van der Waals surface area contributed by atoms with Gasteiger partial charge >= 0.3 is 0 Å². The molecule has 0 saturated carbocycles. The number of rotatable bonds is 4. The number of thiophene rings is 1. The van der Waals surface area contributed by atoms with E-state index in [9.17, 15) is 4.79 Å². The highest BCUT2D eigenvalue weighted by Gasteiger charge is 2.15. The Morgan fingerprint density at radius 3 is 3.06 bits per heavy atom. The molecule has 3 nitrogen and oxygen atoms in total. The second kappa shape index (κ2) is 5.66. The number of nitrogens with zero attached hydrogens (tertiary/aromatic N) is 1. The summed E-state index contributed by atoms with van der Waals surface area (Å²) in [6.07, 6.45) is 0. The minimum atomic E-state index is -0.0585. The number of carbonyl (C=O) groups excluding carboxylic acids is 1. The van der Waals surface area contributed by atoms with E-state index >= 15 is 0 Å². The number of hydrogen-bond donors (Lipinski definition) is 2. The van der Waals surface area contributed by atoms with Crippen LogP contribution in [0.2, 0.25) is 0 Å². The van der Waals surface area contributed by atoms with Gasteiger partial charge in [-0.05, 0) is 18.4 Å².